The largest absolute Gasteiger partial charge is 1.00 e. The van der Waals surface area contributed by atoms with Crippen molar-refractivity contribution in [3.8, 4) is 0 Å². The second kappa shape index (κ2) is 1050. The third-order valence-corrected chi connectivity index (χ3v) is 0. The zero-order chi connectivity index (χ0) is 4.50. The molecule has 0 aliphatic rings. The summed E-state index contributed by atoms with van der Waals surface area (Å²) >= 11 is 0. The van der Waals surface area contributed by atoms with Crippen LogP contribution in [-0.4, -0.2) is 197 Å². The maximum atomic E-state index is 8.55. The van der Waals surface area contributed by atoms with Crippen LogP contribution in [0.25, 0.3) is 0 Å². The summed E-state index contributed by atoms with van der Waals surface area (Å²) in [6, 6.07) is 0. The third kappa shape index (κ3) is 2570. The van der Waals surface area contributed by atoms with Gasteiger partial charge in [-0.15, -0.1) is 0 Å². The molecule has 0 saturated heterocycles. The van der Waals surface area contributed by atoms with Crippen molar-refractivity contribution in [3.05, 3.63) is 0 Å². The van der Waals surface area contributed by atoms with E-state index < -0.39 is 7.82 Å². The molecule has 40 nitrogen and oxygen atoms in total. The van der Waals surface area contributed by atoms with Gasteiger partial charge in [-0.1, -0.05) is 0 Å². The van der Waals surface area contributed by atoms with Crippen LogP contribution in [0.4, 0.5) is 0 Å². The van der Waals surface area contributed by atoms with Crippen LogP contribution in [0.3, 0.4) is 0 Å². The Labute approximate surface area is 556 Å². The van der Waals surface area contributed by atoms with Gasteiger partial charge >= 0.3 is 88.7 Å². The van der Waals surface area contributed by atoms with Gasteiger partial charge in [-0.05, 0) is 0 Å². The van der Waals surface area contributed by atoms with Crippen molar-refractivity contribution in [2.45, 2.75) is 0 Å². The number of hydrogen-bond acceptors (Lipinski definition) is 40. The quantitative estimate of drug-likeness (QED) is 0.160. The van der Waals surface area contributed by atoms with Crippen LogP contribution in [0.15, 0.2) is 0 Å². The summed E-state index contributed by atoms with van der Waals surface area (Å²) in [5, 5.41) is 0. The number of rotatable bonds is 0. The Kier molecular flexibility index (Phi) is 26800. The Morgan fingerprint density at radius 3 is 0.161 bits per heavy atom. The first-order chi connectivity index (χ1) is 2.00. The van der Waals surface area contributed by atoms with Gasteiger partial charge in [0.05, 0.1) is 0 Å². The molecule has 0 rings (SSSR count). The van der Waals surface area contributed by atoms with Gasteiger partial charge in [0.25, 0.3) is 0 Å². The van der Waals surface area contributed by atoms with Gasteiger partial charge in [-0.25, -0.2) is 0 Å². The van der Waals surface area contributed by atoms with Crippen molar-refractivity contribution >= 4 is 7.82 Å². The van der Waals surface area contributed by atoms with E-state index in [0.717, 1.165) is 0 Å². The summed E-state index contributed by atoms with van der Waals surface area (Å²) in [7, 11) is -5.39. The van der Waals surface area contributed by atoms with Crippen LogP contribution >= 0.6 is 7.82 Å². The maximum Gasteiger partial charge on any atom is 1.00 e. The van der Waals surface area contributed by atoms with E-state index in [9.17, 15) is 0 Å². The molecule has 0 aromatic rings. The Hall–Kier alpha value is 9.93. The van der Waals surface area contributed by atoms with E-state index in [1.54, 1.807) is 0 Å². The number of phosphoric acid groups is 1. The predicted octanol–water partition coefficient (Wildman–Crippen LogP) is -18.2. The van der Waals surface area contributed by atoms with Crippen LogP contribution in [0, 0.1) is 0 Å². The van der Waals surface area contributed by atoms with E-state index in [1.165, 1.54) is 0 Å². The van der Waals surface area contributed by atoms with Gasteiger partial charge in [-0.2, -0.15) is 7.82 Å². The number of hydrogen-bond donors (Lipinski definition) is 0. The van der Waals surface area contributed by atoms with E-state index in [-0.39, 0.29) is 539 Å². The molecule has 0 aromatic carbocycles. The molecule has 0 heterocycles. The van der Waals surface area contributed by atoms with E-state index >= 15 is 0 Å². The first-order valence-electron chi connectivity index (χ1n) is 0.730. The molecule has 0 aliphatic carbocycles. The Bertz CT molecular complexity index is 111. The minimum atomic E-state index is -5.39. The SMILES string of the molecule is O=P([O-])([O-])[O-].[Na+].[Na+].[Na+].[OH-].[OH-].[OH-].[OH-].[OH-].[OH-].[OH-].[OH-].[OH-].[OH-].[OH-].[OH-].[OH-].[OH-].[OH-].[OH-].[OH-].[OH-].[OH-].[OH-].[OH-].[OH-].[OH-].[OH-].[OH-].[OH-].[OH-].[OH-].[OH-].[OH-].[OH-].[OH-].[OH-].[OH-].[OH-].[OH-].[W].[W].[W].[W].[W].[W].[W].[W].[W].[W].[W].[W]. The average molecular weight is 2980 g/mol. The van der Waals surface area contributed by atoms with Crippen LogP contribution in [-0.2, 0) is 257 Å². The van der Waals surface area contributed by atoms with Gasteiger partial charge in [0.1, 0.15) is 0 Å². The molecule has 0 bridgehead atoms. The van der Waals surface area contributed by atoms with Crippen molar-refractivity contribution in [3.63, 3.8) is 0 Å². The summed E-state index contributed by atoms with van der Waals surface area (Å²) in [6.07, 6.45) is 0. The van der Waals surface area contributed by atoms with Crippen LogP contribution in [0.1, 0.15) is 0 Å². The summed E-state index contributed by atoms with van der Waals surface area (Å²) < 4.78 is 8.55. The Morgan fingerprint density at radius 2 is 0.161 bits per heavy atom. The molecule has 0 saturated carbocycles. The first kappa shape index (κ1) is 1430. The molecule has 56 heteroatoms. The first-order valence-corrected chi connectivity index (χ1v) is 2.19. The Morgan fingerprint density at radius 1 is 0.161 bits per heavy atom. The second-order valence-corrected chi connectivity index (χ2v) is 1.34. The smallest absolute Gasteiger partial charge is 0.870 e. The molecule has 0 aromatic heterocycles. The van der Waals surface area contributed by atoms with Gasteiger partial charge in [0.2, 0.25) is 0 Å². The molecule has 0 unspecified atom stereocenters. The predicted molar refractivity (Wildman–Crippen MR) is 77.3 cm³/mol. The van der Waals surface area contributed by atoms with E-state index in [1.807, 2.05) is 0 Å². The van der Waals surface area contributed by atoms with E-state index in [0.29, 0.717) is 0 Å². The fourth-order valence-electron chi connectivity index (χ4n) is 0. The molecule has 0 radical (unpaired) electrons. The summed E-state index contributed by atoms with van der Waals surface area (Å²) in [6.45, 7) is 0. The topological polar surface area (TPSA) is 1170 Å². The van der Waals surface area contributed by atoms with Crippen molar-refractivity contribution in [2.24, 2.45) is 0 Å². The monoisotopic (exact) mass is 2980 g/mol. The fourth-order valence-corrected chi connectivity index (χ4v) is 0. The molecule has 0 aliphatic heterocycles. The molecule has 36 N–H and O–H groups in total. The van der Waals surface area contributed by atoms with E-state index in [4.69, 9.17) is 19.2 Å². The summed E-state index contributed by atoms with van der Waals surface area (Å²) in [4.78, 5) is 25.6. The molecular formula is H36Na3O40PW12-36. The summed E-state index contributed by atoms with van der Waals surface area (Å²) in [5.74, 6) is 0. The Balaban J connectivity index is -0.0000000000627. The minimum Gasteiger partial charge on any atom is -0.870 e. The minimum absolute atomic E-state index is 0. The maximum absolute atomic E-state index is 8.55. The van der Waals surface area contributed by atoms with Crippen molar-refractivity contribution in [1.29, 1.82) is 0 Å². The van der Waals surface area contributed by atoms with E-state index in [2.05, 4.69) is 0 Å². The van der Waals surface area contributed by atoms with Gasteiger partial charge in [0.15, 0.2) is 0 Å². The molecule has 0 spiro atoms. The molecule has 56 heavy (non-hydrogen) atoms. The van der Waals surface area contributed by atoms with Crippen molar-refractivity contribution < 1.29 is 558 Å². The average Bonchev–Trinajstić information content (AvgIpc) is 0.722. The zero-order valence-electron chi connectivity index (χ0n) is 26.1. The van der Waals surface area contributed by atoms with Gasteiger partial charge in [0, 0.05) is 253 Å². The molecule has 392 valence electrons. The van der Waals surface area contributed by atoms with Gasteiger partial charge < -0.3 is 216 Å². The van der Waals surface area contributed by atoms with Crippen molar-refractivity contribution in [2.75, 3.05) is 0 Å². The van der Waals surface area contributed by atoms with Crippen LogP contribution in [0.5, 0.6) is 0 Å². The molecule has 0 fully saturated rings. The van der Waals surface area contributed by atoms with Crippen LogP contribution < -0.4 is 103 Å². The zero-order valence-corrected chi connectivity index (χ0v) is 68.2. The molecule has 0 atom stereocenters. The van der Waals surface area contributed by atoms with Gasteiger partial charge in [-0.3, -0.25) is 0 Å². The van der Waals surface area contributed by atoms with Crippen molar-refractivity contribution in [1.82, 2.24) is 0 Å². The van der Waals surface area contributed by atoms with Crippen LogP contribution in [0.2, 0.25) is 0 Å². The summed E-state index contributed by atoms with van der Waals surface area (Å²) in [5.41, 5.74) is 0. The molecule has 0 amide bonds. The second-order valence-electron chi connectivity index (χ2n) is 0.447. The molecular weight excluding hydrogens is 2950 g/mol. The third-order valence-electron chi connectivity index (χ3n) is 0. The standard InChI is InChI=1S/3Na.H3O4P.36H2O.12W/c;;;1-5(2,3)4;;;;;;;;;;;;;;;;;;;;;;;;;;;;;;;;;;;;;;;;;;;;;;;;/h;;;(H3,1,2,3,4);36*1H2;;;;;;;;;;;;/q3*+1;;;;;;;;;;;;;;;;;;;;;;;;;;;;;;;;;;;;;;;;;;;;;;;;;/p-39. The normalized spacial score (nSPS) is 1.05. The fraction of sp³-hybridized carbons (Fsp3) is 0.